The molecule has 2 aromatic carbocycles. The first-order valence-corrected chi connectivity index (χ1v) is 12.8. The van der Waals surface area contributed by atoms with Gasteiger partial charge in [-0.15, -0.1) is 0 Å². The molecule has 0 aromatic heterocycles. The van der Waals surface area contributed by atoms with Crippen LogP contribution in [-0.4, -0.2) is 64.9 Å². The van der Waals surface area contributed by atoms with Gasteiger partial charge in [-0.3, -0.25) is 14.0 Å². The molecule has 0 spiro atoms. The van der Waals surface area contributed by atoms with Crippen molar-refractivity contribution in [2.45, 2.75) is 33.0 Å². The Hall–Kier alpha value is -2.62. The van der Waals surface area contributed by atoms with Crippen molar-refractivity contribution in [3.05, 3.63) is 59.2 Å². The lowest BCUT2D eigenvalue weighted by Crippen LogP contribution is -2.47. The van der Waals surface area contributed by atoms with Crippen LogP contribution in [0.15, 0.2) is 42.5 Å². The maximum atomic E-state index is 12.9. The lowest BCUT2D eigenvalue weighted by atomic mass is 10.1. The molecule has 0 aliphatic carbocycles. The summed E-state index contributed by atoms with van der Waals surface area (Å²) in [5, 5.41) is 2.86. The molecule has 1 atom stereocenters. The van der Waals surface area contributed by atoms with Gasteiger partial charge in [-0.2, -0.15) is 0 Å². The molecule has 1 saturated heterocycles. The molecule has 8 nitrogen and oxygen atoms in total. The summed E-state index contributed by atoms with van der Waals surface area (Å²) in [6, 6.07) is 12.4. The summed E-state index contributed by atoms with van der Waals surface area (Å²) >= 11 is 0. The molecule has 9 heteroatoms. The molecule has 1 aliphatic rings. The van der Waals surface area contributed by atoms with Gasteiger partial charge >= 0.3 is 0 Å². The average molecular weight is 476 g/mol. The van der Waals surface area contributed by atoms with E-state index in [4.69, 9.17) is 9.47 Å². The third kappa shape index (κ3) is 6.69. The van der Waals surface area contributed by atoms with Gasteiger partial charge in [0.2, 0.25) is 15.9 Å². The van der Waals surface area contributed by atoms with Gasteiger partial charge in [0.15, 0.2) is 0 Å². The van der Waals surface area contributed by atoms with E-state index in [1.54, 1.807) is 19.1 Å². The van der Waals surface area contributed by atoms with Crippen molar-refractivity contribution in [1.29, 1.82) is 0 Å². The zero-order valence-electron chi connectivity index (χ0n) is 19.7. The minimum atomic E-state index is -3.74. The molecule has 1 heterocycles. The van der Waals surface area contributed by atoms with Crippen molar-refractivity contribution < 1.29 is 22.7 Å². The molecule has 0 unspecified atom stereocenters. The van der Waals surface area contributed by atoms with E-state index in [0.717, 1.165) is 54.5 Å². The van der Waals surface area contributed by atoms with E-state index in [-0.39, 0.29) is 5.91 Å². The third-order valence-corrected chi connectivity index (χ3v) is 6.89. The molecule has 180 valence electrons. The predicted octanol–water partition coefficient (Wildman–Crippen LogP) is 2.31. The Bertz CT molecular complexity index is 1050. The second kappa shape index (κ2) is 11.0. The van der Waals surface area contributed by atoms with Gasteiger partial charge in [-0.1, -0.05) is 30.3 Å². The zero-order chi connectivity index (χ0) is 24.0. The van der Waals surface area contributed by atoms with Crippen LogP contribution in [-0.2, 0) is 32.6 Å². The van der Waals surface area contributed by atoms with Crippen molar-refractivity contribution >= 4 is 21.6 Å². The summed E-state index contributed by atoms with van der Waals surface area (Å²) < 4.78 is 37.1. The number of aryl methyl sites for hydroxylation is 1. The van der Waals surface area contributed by atoms with Crippen molar-refractivity contribution in [3.8, 4) is 5.75 Å². The van der Waals surface area contributed by atoms with E-state index in [1.807, 2.05) is 25.1 Å². The normalized spacial score (nSPS) is 15.6. The molecule has 0 bridgehead atoms. The van der Waals surface area contributed by atoms with Gasteiger partial charge in [0.05, 0.1) is 32.3 Å². The molecule has 0 radical (unpaired) electrons. The zero-order valence-corrected chi connectivity index (χ0v) is 20.5. The van der Waals surface area contributed by atoms with Gasteiger partial charge in [-0.25, -0.2) is 8.42 Å². The minimum Gasteiger partial charge on any atom is -0.495 e. The number of hydrogen-bond acceptors (Lipinski definition) is 6. The summed E-state index contributed by atoms with van der Waals surface area (Å²) in [6.45, 7) is 8.00. The number of morpholine rings is 1. The fourth-order valence-electron chi connectivity index (χ4n) is 3.87. The molecule has 0 saturated carbocycles. The molecule has 3 rings (SSSR count). The lowest BCUT2D eigenvalue weighted by Gasteiger charge is -2.29. The number of anilines is 1. The van der Waals surface area contributed by atoms with E-state index >= 15 is 0 Å². The molecule has 33 heavy (non-hydrogen) atoms. The van der Waals surface area contributed by atoms with E-state index in [2.05, 4.69) is 22.3 Å². The number of methoxy groups -OCH3 is 1. The molecule has 1 fully saturated rings. The quantitative estimate of drug-likeness (QED) is 0.599. The van der Waals surface area contributed by atoms with E-state index in [1.165, 1.54) is 12.7 Å². The summed E-state index contributed by atoms with van der Waals surface area (Å²) in [5.41, 5.74) is 3.36. The fourth-order valence-corrected chi connectivity index (χ4v) is 5.04. The highest BCUT2D eigenvalue weighted by Gasteiger charge is 2.31. The average Bonchev–Trinajstić information content (AvgIpc) is 2.78. The first kappa shape index (κ1) is 25.0. The number of benzene rings is 2. The Kier molecular flexibility index (Phi) is 8.34. The summed E-state index contributed by atoms with van der Waals surface area (Å²) in [7, 11) is -2.26. The summed E-state index contributed by atoms with van der Waals surface area (Å²) in [6.07, 6.45) is 1.09. The monoisotopic (exact) mass is 475 g/mol. The summed E-state index contributed by atoms with van der Waals surface area (Å²) in [5.74, 6) is 0.00269. The lowest BCUT2D eigenvalue weighted by molar-refractivity contribution is -0.122. The number of carbonyl (C=O) groups is 1. The first-order valence-electron chi connectivity index (χ1n) is 11.0. The first-order chi connectivity index (χ1) is 15.7. The number of carbonyl (C=O) groups excluding carboxylic acids is 1. The molecule has 2 aromatic rings. The van der Waals surface area contributed by atoms with Crippen molar-refractivity contribution in [2.24, 2.45) is 0 Å². The van der Waals surface area contributed by atoms with E-state index in [9.17, 15) is 13.2 Å². The minimum absolute atomic E-state index is 0.309. The van der Waals surface area contributed by atoms with E-state index in [0.29, 0.717) is 18.0 Å². The van der Waals surface area contributed by atoms with Crippen LogP contribution >= 0.6 is 0 Å². The highest BCUT2D eigenvalue weighted by molar-refractivity contribution is 7.92. The second-order valence-corrected chi connectivity index (χ2v) is 10.2. The Morgan fingerprint density at radius 2 is 1.79 bits per heavy atom. The third-order valence-electron chi connectivity index (χ3n) is 5.66. The van der Waals surface area contributed by atoms with Crippen LogP contribution in [0.5, 0.6) is 5.75 Å². The van der Waals surface area contributed by atoms with Gasteiger partial charge in [-0.05, 0) is 42.7 Å². The number of hydrogen-bond donors (Lipinski definition) is 1. The Morgan fingerprint density at radius 1 is 1.15 bits per heavy atom. The number of nitrogens with zero attached hydrogens (tertiary/aromatic N) is 2. The highest BCUT2D eigenvalue weighted by Crippen LogP contribution is 2.32. The number of nitrogens with one attached hydrogen (secondary N) is 1. The highest BCUT2D eigenvalue weighted by atomic mass is 32.2. The van der Waals surface area contributed by atoms with Crippen LogP contribution < -0.4 is 14.4 Å². The SMILES string of the molecule is COc1ccc(C)cc1N([C@@H](C)C(=O)NCc1ccc(CN2CCOCC2)cc1)S(C)(=O)=O. The number of ether oxygens (including phenoxy) is 2. The maximum Gasteiger partial charge on any atom is 0.243 e. The van der Waals surface area contributed by atoms with Crippen LogP contribution in [0.2, 0.25) is 0 Å². The molecule has 1 aliphatic heterocycles. The Morgan fingerprint density at radius 3 is 2.39 bits per heavy atom. The van der Waals surface area contributed by atoms with E-state index < -0.39 is 16.1 Å². The van der Waals surface area contributed by atoms with Crippen molar-refractivity contribution in [2.75, 3.05) is 44.0 Å². The molecule has 1 N–H and O–H groups in total. The smallest absolute Gasteiger partial charge is 0.243 e. The van der Waals surface area contributed by atoms with Crippen LogP contribution in [0.25, 0.3) is 0 Å². The maximum absolute atomic E-state index is 12.9. The number of sulfonamides is 1. The molecule has 1 amide bonds. The van der Waals surface area contributed by atoms with Gasteiger partial charge < -0.3 is 14.8 Å². The number of rotatable bonds is 9. The molecular formula is C24H33N3O5S. The Labute approximate surface area is 196 Å². The van der Waals surface area contributed by atoms with Gasteiger partial charge in [0.1, 0.15) is 11.8 Å². The van der Waals surface area contributed by atoms with Crippen LogP contribution in [0.3, 0.4) is 0 Å². The van der Waals surface area contributed by atoms with Crippen LogP contribution in [0.1, 0.15) is 23.6 Å². The van der Waals surface area contributed by atoms with Gasteiger partial charge in [0.25, 0.3) is 0 Å². The second-order valence-electron chi connectivity index (χ2n) is 8.33. The number of amides is 1. The van der Waals surface area contributed by atoms with Crippen molar-refractivity contribution in [3.63, 3.8) is 0 Å². The Balaban J connectivity index is 1.66. The largest absolute Gasteiger partial charge is 0.495 e. The predicted molar refractivity (Wildman–Crippen MR) is 129 cm³/mol. The van der Waals surface area contributed by atoms with Crippen LogP contribution in [0, 0.1) is 6.92 Å². The van der Waals surface area contributed by atoms with Crippen LogP contribution in [0.4, 0.5) is 5.69 Å². The molecular weight excluding hydrogens is 442 g/mol. The standard InChI is InChI=1S/C24H33N3O5S/c1-18-5-10-23(31-3)22(15-18)27(33(4,29)30)19(2)24(28)25-16-20-6-8-21(9-7-20)17-26-11-13-32-14-12-26/h5-10,15,19H,11-14,16-17H2,1-4H3,(H,25,28)/t19-/m0/s1. The van der Waals surface area contributed by atoms with Gasteiger partial charge in [0, 0.05) is 26.2 Å². The summed E-state index contributed by atoms with van der Waals surface area (Å²) in [4.78, 5) is 15.3. The topological polar surface area (TPSA) is 88.2 Å². The fraction of sp³-hybridized carbons (Fsp3) is 0.458. The van der Waals surface area contributed by atoms with Crippen molar-refractivity contribution in [1.82, 2.24) is 10.2 Å².